The third-order valence-corrected chi connectivity index (χ3v) is 5.24. The van der Waals surface area contributed by atoms with E-state index in [1.54, 1.807) is 0 Å². The Morgan fingerprint density at radius 2 is 2.29 bits per heavy atom. The SMILES string of the molecule is CCC1SCC(C(=O)O)N1C(=O)Nc1ccc(F)cc1Br. The third-order valence-electron chi connectivity index (χ3n) is 3.13. The predicted octanol–water partition coefficient (Wildman–Crippen LogP) is 3.36. The molecule has 0 aromatic heterocycles. The number of nitrogens with one attached hydrogen (secondary N) is 1. The molecular formula is C13H14BrFN2O3S. The minimum atomic E-state index is -1.02. The van der Waals surface area contributed by atoms with Crippen LogP contribution in [0.15, 0.2) is 22.7 Å². The lowest BCUT2D eigenvalue weighted by atomic mass is 10.2. The Balaban J connectivity index is 2.18. The van der Waals surface area contributed by atoms with Gasteiger partial charge < -0.3 is 10.4 Å². The average molecular weight is 377 g/mol. The lowest BCUT2D eigenvalue weighted by Gasteiger charge is -2.27. The first-order valence-electron chi connectivity index (χ1n) is 6.32. The van der Waals surface area contributed by atoms with Crippen molar-refractivity contribution < 1.29 is 19.1 Å². The normalized spacial score (nSPS) is 21.4. The number of urea groups is 1. The number of aliphatic carboxylic acids is 1. The fourth-order valence-corrected chi connectivity index (χ4v) is 3.91. The smallest absolute Gasteiger partial charge is 0.327 e. The summed E-state index contributed by atoms with van der Waals surface area (Å²) in [6, 6.07) is 2.55. The van der Waals surface area contributed by atoms with Crippen molar-refractivity contribution in [2.24, 2.45) is 0 Å². The minimum Gasteiger partial charge on any atom is -0.480 e. The molecule has 0 radical (unpaired) electrons. The number of thioether (sulfide) groups is 1. The first-order valence-corrected chi connectivity index (χ1v) is 8.17. The molecule has 1 fully saturated rings. The Morgan fingerprint density at radius 3 is 2.86 bits per heavy atom. The summed E-state index contributed by atoms with van der Waals surface area (Å²) in [6.45, 7) is 1.90. The van der Waals surface area contributed by atoms with Crippen LogP contribution >= 0.6 is 27.7 Å². The van der Waals surface area contributed by atoms with Crippen LogP contribution in [0.4, 0.5) is 14.9 Å². The van der Waals surface area contributed by atoms with E-state index in [1.165, 1.54) is 34.9 Å². The summed E-state index contributed by atoms with van der Waals surface area (Å²) in [5.41, 5.74) is 0.400. The second-order valence-corrected chi connectivity index (χ2v) is 6.58. The van der Waals surface area contributed by atoms with Crippen LogP contribution in [0, 0.1) is 5.82 Å². The minimum absolute atomic E-state index is 0.176. The van der Waals surface area contributed by atoms with Crippen molar-refractivity contribution in [3.63, 3.8) is 0 Å². The number of carbonyl (C=O) groups excluding carboxylic acids is 1. The number of benzene rings is 1. The summed E-state index contributed by atoms with van der Waals surface area (Å²) in [6.07, 6.45) is 0.659. The van der Waals surface area contributed by atoms with E-state index in [2.05, 4.69) is 21.2 Å². The number of hydrogen-bond donors (Lipinski definition) is 2. The lowest BCUT2D eigenvalue weighted by molar-refractivity contribution is -0.141. The Labute approximate surface area is 134 Å². The van der Waals surface area contributed by atoms with Crippen molar-refractivity contribution in [3.05, 3.63) is 28.5 Å². The van der Waals surface area contributed by atoms with E-state index in [0.29, 0.717) is 22.3 Å². The van der Waals surface area contributed by atoms with Crippen molar-refractivity contribution in [3.8, 4) is 0 Å². The largest absolute Gasteiger partial charge is 0.480 e. The molecular weight excluding hydrogens is 363 g/mol. The van der Waals surface area contributed by atoms with Gasteiger partial charge in [-0.25, -0.2) is 14.0 Å². The molecule has 0 bridgehead atoms. The van der Waals surface area contributed by atoms with E-state index >= 15 is 0 Å². The van der Waals surface area contributed by atoms with Crippen LogP contribution in [0.25, 0.3) is 0 Å². The molecule has 5 nitrogen and oxygen atoms in total. The van der Waals surface area contributed by atoms with Crippen LogP contribution in [0.3, 0.4) is 0 Å². The summed E-state index contributed by atoms with van der Waals surface area (Å²) >= 11 is 4.61. The maximum absolute atomic E-state index is 13.0. The average Bonchev–Trinajstić information content (AvgIpc) is 2.86. The van der Waals surface area contributed by atoms with Gasteiger partial charge in [0.2, 0.25) is 0 Å². The number of amides is 2. The Kier molecular flexibility index (Phi) is 5.10. The molecule has 21 heavy (non-hydrogen) atoms. The van der Waals surface area contributed by atoms with E-state index in [-0.39, 0.29) is 5.37 Å². The Morgan fingerprint density at radius 1 is 1.57 bits per heavy atom. The summed E-state index contributed by atoms with van der Waals surface area (Å²) < 4.78 is 13.4. The van der Waals surface area contributed by atoms with Gasteiger partial charge in [0.25, 0.3) is 0 Å². The maximum atomic E-state index is 13.0. The number of carboxylic acids is 1. The van der Waals surface area contributed by atoms with Crippen molar-refractivity contribution in [2.45, 2.75) is 24.8 Å². The molecule has 0 aliphatic carbocycles. The molecule has 0 saturated carbocycles. The molecule has 2 unspecified atom stereocenters. The highest BCUT2D eigenvalue weighted by atomic mass is 79.9. The highest BCUT2D eigenvalue weighted by molar-refractivity contribution is 9.10. The van der Waals surface area contributed by atoms with Crippen LogP contribution < -0.4 is 5.32 Å². The Bertz CT molecular complexity index is 572. The van der Waals surface area contributed by atoms with Crippen LogP contribution in [0.2, 0.25) is 0 Å². The number of carboxylic acid groups (broad SMARTS) is 1. The highest BCUT2D eigenvalue weighted by Gasteiger charge is 2.40. The number of nitrogens with zero attached hydrogens (tertiary/aromatic N) is 1. The van der Waals surface area contributed by atoms with Crippen LogP contribution in [0.1, 0.15) is 13.3 Å². The van der Waals surface area contributed by atoms with Gasteiger partial charge in [-0.05, 0) is 40.5 Å². The van der Waals surface area contributed by atoms with Gasteiger partial charge in [-0.1, -0.05) is 6.92 Å². The maximum Gasteiger partial charge on any atom is 0.327 e. The van der Waals surface area contributed by atoms with Gasteiger partial charge in [0.15, 0.2) is 0 Å². The molecule has 1 aromatic rings. The van der Waals surface area contributed by atoms with Gasteiger partial charge in [-0.2, -0.15) is 0 Å². The number of halogens is 2. The lowest BCUT2D eigenvalue weighted by Crippen LogP contribution is -2.47. The molecule has 1 saturated heterocycles. The Hall–Kier alpha value is -1.28. The summed E-state index contributed by atoms with van der Waals surface area (Å²) in [5, 5.41) is 11.7. The fraction of sp³-hybridized carbons (Fsp3) is 0.385. The van der Waals surface area contributed by atoms with Crippen molar-refractivity contribution in [1.82, 2.24) is 4.90 Å². The second kappa shape index (κ2) is 6.65. The van der Waals surface area contributed by atoms with Crippen LogP contribution in [-0.2, 0) is 4.79 Å². The summed E-state index contributed by atoms with van der Waals surface area (Å²) in [7, 11) is 0. The number of anilines is 1. The molecule has 2 amide bonds. The highest BCUT2D eigenvalue weighted by Crippen LogP contribution is 2.32. The molecule has 1 heterocycles. The van der Waals surface area contributed by atoms with Crippen molar-refractivity contribution in [1.29, 1.82) is 0 Å². The molecule has 1 aromatic carbocycles. The molecule has 0 spiro atoms. The third kappa shape index (κ3) is 3.49. The van der Waals surface area contributed by atoms with Crippen molar-refractivity contribution in [2.75, 3.05) is 11.1 Å². The fourth-order valence-electron chi connectivity index (χ4n) is 2.11. The van der Waals surface area contributed by atoms with E-state index < -0.39 is 23.9 Å². The zero-order valence-corrected chi connectivity index (χ0v) is 13.6. The van der Waals surface area contributed by atoms with E-state index in [4.69, 9.17) is 0 Å². The molecule has 2 N–H and O–H groups in total. The molecule has 114 valence electrons. The number of carbonyl (C=O) groups is 2. The molecule has 2 rings (SSSR count). The second-order valence-electron chi connectivity index (χ2n) is 4.51. The quantitative estimate of drug-likeness (QED) is 0.848. The summed E-state index contributed by atoms with van der Waals surface area (Å²) in [5.74, 6) is -1.08. The topological polar surface area (TPSA) is 69.6 Å². The summed E-state index contributed by atoms with van der Waals surface area (Å²) in [4.78, 5) is 24.9. The molecule has 2 atom stereocenters. The molecule has 1 aliphatic heterocycles. The van der Waals surface area contributed by atoms with Gasteiger partial charge in [-0.15, -0.1) is 11.8 Å². The van der Waals surface area contributed by atoms with Crippen LogP contribution in [-0.4, -0.2) is 39.2 Å². The van der Waals surface area contributed by atoms with Crippen molar-refractivity contribution >= 4 is 45.4 Å². The van der Waals surface area contributed by atoms with E-state index in [9.17, 15) is 19.1 Å². The first kappa shape index (κ1) is 16.1. The predicted molar refractivity (Wildman–Crippen MR) is 82.9 cm³/mol. The van der Waals surface area contributed by atoms with Gasteiger partial charge in [0.1, 0.15) is 11.9 Å². The standard InChI is InChI=1S/C13H14BrFN2O3S/c1-2-11-17(10(6-21-11)12(18)19)13(20)16-9-4-3-7(15)5-8(9)14/h3-5,10-11H,2,6H2,1H3,(H,16,20)(H,18,19). The van der Waals surface area contributed by atoms with Gasteiger partial charge in [0, 0.05) is 10.2 Å². The van der Waals surface area contributed by atoms with Gasteiger partial charge in [0.05, 0.1) is 11.1 Å². The number of hydrogen-bond acceptors (Lipinski definition) is 3. The van der Waals surface area contributed by atoms with E-state index in [1.807, 2.05) is 6.92 Å². The first-order chi connectivity index (χ1) is 9.93. The molecule has 1 aliphatic rings. The van der Waals surface area contributed by atoms with Gasteiger partial charge in [-0.3, -0.25) is 4.90 Å². The zero-order chi connectivity index (χ0) is 15.6. The monoisotopic (exact) mass is 376 g/mol. The number of rotatable bonds is 3. The van der Waals surface area contributed by atoms with Gasteiger partial charge >= 0.3 is 12.0 Å². The van der Waals surface area contributed by atoms with E-state index in [0.717, 1.165) is 0 Å². The zero-order valence-electron chi connectivity index (χ0n) is 11.2. The van der Waals surface area contributed by atoms with Crippen LogP contribution in [0.5, 0.6) is 0 Å². The molecule has 8 heteroatoms.